The van der Waals surface area contributed by atoms with Crippen molar-refractivity contribution in [3.8, 4) is 5.69 Å². The molecule has 1 aromatic carbocycles. The molecule has 1 saturated carbocycles. The maximum atomic E-state index is 13.1. The summed E-state index contributed by atoms with van der Waals surface area (Å²) in [5.41, 5.74) is 3.38. The first kappa shape index (κ1) is 18.8. The predicted molar refractivity (Wildman–Crippen MR) is 113 cm³/mol. The van der Waals surface area contributed by atoms with Crippen LogP contribution >= 0.6 is 0 Å². The molecule has 1 saturated heterocycles. The third-order valence-electron chi connectivity index (χ3n) is 6.18. The van der Waals surface area contributed by atoms with E-state index in [1.807, 2.05) is 48.2 Å². The number of carbonyl (C=O) groups is 1. The van der Waals surface area contributed by atoms with Crippen molar-refractivity contribution in [2.24, 2.45) is 0 Å². The van der Waals surface area contributed by atoms with E-state index in [4.69, 9.17) is 0 Å². The van der Waals surface area contributed by atoms with Crippen molar-refractivity contribution in [1.29, 1.82) is 0 Å². The zero-order chi connectivity index (χ0) is 20.7. The summed E-state index contributed by atoms with van der Waals surface area (Å²) in [6, 6.07) is 13.4. The van der Waals surface area contributed by atoms with Crippen molar-refractivity contribution in [2.75, 3.05) is 13.1 Å². The maximum Gasteiger partial charge on any atom is 0.267 e. The smallest absolute Gasteiger partial charge is 0.267 e. The lowest BCUT2D eigenvalue weighted by atomic mass is 10.0. The lowest BCUT2D eigenvalue weighted by Gasteiger charge is -2.32. The molecule has 0 radical (unpaired) electrons. The fourth-order valence-electron chi connectivity index (χ4n) is 4.23. The normalized spacial score (nSPS) is 17.3. The standard InChI is InChI=1S/C23H25N5O2/c1-16-20(15-24-27(16)18-5-3-2-4-6-18)23(30)26-13-11-19(12-14-26)28-22(29)10-9-21(25-28)17-7-8-17/h2-6,9-10,15,17,19H,7-8,11-14H2,1H3. The molecule has 0 bridgehead atoms. The Morgan fingerprint density at radius 1 is 1.00 bits per heavy atom. The summed E-state index contributed by atoms with van der Waals surface area (Å²) in [4.78, 5) is 27.3. The molecule has 0 atom stereocenters. The fraction of sp³-hybridized carbons (Fsp3) is 0.391. The summed E-state index contributed by atoms with van der Waals surface area (Å²) in [5, 5.41) is 9.05. The molecule has 0 spiro atoms. The van der Waals surface area contributed by atoms with Gasteiger partial charge in [-0.05, 0) is 50.8 Å². The van der Waals surface area contributed by atoms with Gasteiger partial charge in [0.05, 0.1) is 34.9 Å². The van der Waals surface area contributed by atoms with E-state index in [1.54, 1.807) is 21.6 Å². The Balaban J connectivity index is 1.29. The van der Waals surface area contributed by atoms with Crippen molar-refractivity contribution in [3.63, 3.8) is 0 Å². The molecular weight excluding hydrogens is 378 g/mol. The largest absolute Gasteiger partial charge is 0.338 e. The molecule has 1 amide bonds. The van der Waals surface area contributed by atoms with Gasteiger partial charge < -0.3 is 4.90 Å². The first-order valence-electron chi connectivity index (χ1n) is 10.6. The van der Waals surface area contributed by atoms with Gasteiger partial charge >= 0.3 is 0 Å². The predicted octanol–water partition coefficient (Wildman–Crippen LogP) is 3.09. The number of carbonyl (C=O) groups excluding carboxylic acids is 1. The van der Waals surface area contributed by atoms with Gasteiger partial charge in [-0.3, -0.25) is 9.59 Å². The fourth-order valence-corrected chi connectivity index (χ4v) is 4.23. The van der Waals surface area contributed by atoms with E-state index in [0.29, 0.717) is 24.6 Å². The van der Waals surface area contributed by atoms with Gasteiger partial charge in [-0.25, -0.2) is 9.36 Å². The van der Waals surface area contributed by atoms with Crippen molar-refractivity contribution >= 4 is 5.91 Å². The highest BCUT2D eigenvalue weighted by Crippen LogP contribution is 2.38. The number of para-hydroxylation sites is 1. The van der Waals surface area contributed by atoms with Gasteiger partial charge in [0.25, 0.3) is 11.5 Å². The Bertz CT molecular complexity index is 1120. The molecule has 3 aromatic rings. The summed E-state index contributed by atoms with van der Waals surface area (Å²) in [7, 11) is 0. The number of amides is 1. The number of rotatable bonds is 4. The maximum absolute atomic E-state index is 13.1. The van der Waals surface area contributed by atoms with Crippen molar-refractivity contribution in [2.45, 2.75) is 44.6 Å². The van der Waals surface area contributed by atoms with Crippen LogP contribution in [-0.4, -0.2) is 43.5 Å². The minimum absolute atomic E-state index is 0.000156. The van der Waals surface area contributed by atoms with Crippen molar-refractivity contribution < 1.29 is 4.79 Å². The number of likely N-dealkylation sites (tertiary alicyclic amines) is 1. The van der Waals surface area contributed by atoms with Crippen LogP contribution in [0.4, 0.5) is 0 Å². The molecule has 7 nitrogen and oxygen atoms in total. The van der Waals surface area contributed by atoms with E-state index in [-0.39, 0.29) is 17.5 Å². The second-order valence-corrected chi connectivity index (χ2v) is 8.23. The van der Waals surface area contributed by atoms with Gasteiger partial charge in [-0.15, -0.1) is 0 Å². The Morgan fingerprint density at radius 2 is 1.73 bits per heavy atom. The summed E-state index contributed by atoms with van der Waals surface area (Å²) in [5.74, 6) is 0.516. The van der Waals surface area contributed by atoms with Crippen LogP contribution in [0.2, 0.25) is 0 Å². The van der Waals surface area contributed by atoms with Crippen LogP contribution in [0.15, 0.2) is 53.5 Å². The summed E-state index contributed by atoms with van der Waals surface area (Å²) in [6.07, 6.45) is 5.45. The summed E-state index contributed by atoms with van der Waals surface area (Å²) in [6.45, 7) is 3.15. The van der Waals surface area contributed by atoms with Gasteiger partial charge in [0.15, 0.2) is 0 Å². The third kappa shape index (κ3) is 3.44. The van der Waals surface area contributed by atoms with Gasteiger partial charge in [0.2, 0.25) is 0 Å². The SMILES string of the molecule is Cc1c(C(=O)N2CCC(n3nc(C4CC4)ccc3=O)CC2)cnn1-c1ccccc1. The molecule has 0 N–H and O–H groups in total. The Kier molecular flexibility index (Phi) is 4.73. The highest BCUT2D eigenvalue weighted by atomic mass is 16.2. The van der Waals surface area contributed by atoms with Gasteiger partial charge in [-0.1, -0.05) is 18.2 Å². The number of nitrogens with zero attached hydrogens (tertiary/aromatic N) is 5. The molecule has 1 aliphatic carbocycles. The van der Waals surface area contributed by atoms with Gasteiger partial charge in [0.1, 0.15) is 0 Å². The van der Waals surface area contributed by atoms with Gasteiger partial charge in [-0.2, -0.15) is 10.2 Å². The molecule has 2 aromatic heterocycles. The zero-order valence-corrected chi connectivity index (χ0v) is 17.1. The average Bonchev–Trinajstić information content (AvgIpc) is 3.56. The molecule has 0 unspecified atom stereocenters. The summed E-state index contributed by atoms with van der Waals surface area (Å²) < 4.78 is 3.45. The first-order chi connectivity index (χ1) is 14.6. The third-order valence-corrected chi connectivity index (χ3v) is 6.18. The second-order valence-electron chi connectivity index (χ2n) is 8.23. The summed E-state index contributed by atoms with van der Waals surface area (Å²) >= 11 is 0. The first-order valence-corrected chi connectivity index (χ1v) is 10.6. The Morgan fingerprint density at radius 3 is 2.43 bits per heavy atom. The van der Waals surface area contributed by atoms with E-state index in [0.717, 1.165) is 42.8 Å². The van der Waals surface area contributed by atoms with Crippen LogP contribution in [-0.2, 0) is 0 Å². The number of hydrogen-bond donors (Lipinski definition) is 0. The lowest BCUT2D eigenvalue weighted by molar-refractivity contribution is 0.0687. The molecule has 1 aliphatic heterocycles. The molecule has 154 valence electrons. The van der Waals surface area contributed by atoms with Crippen LogP contribution < -0.4 is 5.56 Å². The molecule has 2 aliphatic rings. The van der Waals surface area contributed by atoms with Crippen LogP contribution in [0, 0.1) is 6.92 Å². The number of hydrogen-bond acceptors (Lipinski definition) is 4. The van der Waals surface area contributed by atoms with Crippen LogP contribution in [0.25, 0.3) is 5.69 Å². The quantitative estimate of drug-likeness (QED) is 0.671. The highest BCUT2D eigenvalue weighted by Gasteiger charge is 2.30. The van der Waals surface area contributed by atoms with Crippen molar-refractivity contribution in [1.82, 2.24) is 24.5 Å². The minimum Gasteiger partial charge on any atom is -0.338 e. The molecule has 5 rings (SSSR count). The Labute approximate surface area is 174 Å². The topological polar surface area (TPSA) is 73.0 Å². The van der Waals surface area contributed by atoms with Crippen molar-refractivity contribution in [3.05, 3.63) is 76.0 Å². The monoisotopic (exact) mass is 403 g/mol. The molecule has 3 heterocycles. The van der Waals surface area contributed by atoms with Crippen LogP contribution in [0.3, 0.4) is 0 Å². The lowest BCUT2D eigenvalue weighted by Crippen LogP contribution is -2.41. The second kappa shape index (κ2) is 7.55. The number of aromatic nitrogens is 4. The molecule has 30 heavy (non-hydrogen) atoms. The van der Waals surface area contributed by atoms with E-state index in [2.05, 4.69) is 10.2 Å². The van der Waals surface area contributed by atoms with Crippen LogP contribution in [0.5, 0.6) is 0 Å². The number of benzene rings is 1. The van der Waals surface area contributed by atoms with E-state index in [1.165, 1.54) is 0 Å². The molecule has 2 fully saturated rings. The molecule has 7 heteroatoms. The minimum atomic E-state index is -0.0517. The Hall–Kier alpha value is -3.22. The van der Waals surface area contributed by atoms with E-state index < -0.39 is 0 Å². The number of piperidine rings is 1. The van der Waals surface area contributed by atoms with E-state index >= 15 is 0 Å². The van der Waals surface area contributed by atoms with E-state index in [9.17, 15) is 9.59 Å². The molecular formula is C23H25N5O2. The zero-order valence-electron chi connectivity index (χ0n) is 17.1. The highest BCUT2D eigenvalue weighted by molar-refractivity contribution is 5.95. The average molecular weight is 403 g/mol. The van der Waals surface area contributed by atoms with Gasteiger partial charge in [0, 0.05) is 25.1 Å². The van der Waals surface area contributed by atoms with Crippen LogP contribution in [0.1, 0.15) is 59.4 Å².